The van der Waals surface area contributed by atoms with Gasteiger partial charge >= 0.3 is 5.97 Å². The van der Waals surface area contributed by atoms with Crippen molar-refractivity contribution < 1.29 is 9.90 Å². The van der Waals surface area contributed by atoms with Gasteiger partial charge in [0.2, 0.25) is 0 Å². The molecule has 0 radical (unpaired) electrons. The molecular formula is C6H7NO2S. The van der Waals surface area contributed by atoms with E-state index in [4.69, 9.17) is 10.8 Å². The number of hydrogen-bond donors (Lipinski definition) is 2. The van der Waals surface area contributed by atoms with Crippen molar-refractivity contribution in [3.05, 3.63) is 21.9 Å². The molecule has 0 amide bonds. The lowest BCUT2D eigenvalue weighted by atomic mass is 10.2. The summed E-state index contributed by atoms with van der Waals surface area (Å²) >= 11 is 1.37. The van der Waals surface area contributed by atoms with Crippen LogP contribution in [0.3, 0.4) is 0 Å². The van der Waals surface area contributed by atoms with Crippen LogP contribution in [-0.2, 0) is 6.54 Å². The Morgan fingerprint density at radius 3 is 2.90 bits per heavy atom. The lowest BCUT2D eigenvalue weighted by Gasteiger charge is -1.91. The molecule has 1 heterocycles. The molecule has 0 bridgehead atoms. The first-order chi connectivity index (χ1) is 4.75. The Morgan fingerprint density at radius 1 is 1.80 bits per heavy atom. The third kappa shape index (κ3) is 1.17. The molecule has 0 aliphatic rings. The molecule has 0 aliphatic heterocycles. The van der Waals surface area contributed by atoms with Crippen LogP contribution < -0.4 is 5.73 Å². The van der Waals surface area contributed by atoms with Crippen LogP contribution in [0, 0.1) is 0 Å². The minimum Gasteiger partial charge on any atom is -0.478 e. The zero-order valence-electron chi connectivity index (χ0n) is 5.20. The number of aromatic carboxylic acids is 1. The molecule has 3 N–H and O–H groups in total. The van der Waals surface area contributed by atoms with Crippen molar-refractivity contribution in [3.8, 4) is 0 Å². The van der Waals surface area contributed by atoms with Gasteiger partial charge in [-0.2, -0.15) is 0 Å². The minimum absolute atomic E-state index is 0.305. The second-order valence-electron chi connectivity index (χ2n) is 1.77. The maximum atomic E-state index is 10.4. The summed E-state index contributed by atoms with van der Waals surface area (Å²) in [5.74, 6) is -0.901. The number of thiophene rings is 1. The van der Waals surface area contributed by atoms with E-state index in [2.05, 4.69) is 0 Å². The van der Waals surface area contributed by atoms with Gasteiger partial charge in [0.25, 0.3) is 0 Å². The van der Waals surface area contributed by atoms with E-state index in [1.54, 1.807) is 11.4 Å². The van der Waals surface area contributed by atoms with Crippen molar-refractivity contribution in [3.63, 3.8) is 0 Å². The Kier molecular flexibility index (Phi) is 2.03. The minimum atomic E-state index is -0.901. The molecule has 10 heavy (non-hydrogen) atoms. The molecule has 54 valence electrons. The third-order valence-corrected chi connectivity index (χ3v) is 2.10. The van der Waals surface area contributed by atoms with Crippen molar-refractivity contribution in [2.24, 2.45) is 5.73 Å². The molecule has 0 spiro atoms. The van der Waals surface area contributed by atoms with Crippen LogP contribution in [0.2, 0.25) is 0 Å². The Labute approximate surface area is 62.1 Å². The van der Waals surface area contributed by atoms with Crippen LogP contribution in [0.25, 0.3) is 0 Å². The molecule has 1 aromatic rings. The number of carbonyl (C=O) groups is 1. The lowest BCUT2D eigenvalue weighted by Crippen LogP contribution is -2.02. The van der Waals surface area contributed by atoms with Crippen molar-refractivity contribution in [2.45, 2.75) is 6.54 Å². The standard InChI is InChI=1S/C6H7NO2S/c7-3-5-4(6(8)9)1-2-10-5/h1-2H,3,7H2,(H,8,9). The Bertz CT molecular complexity index is 244. The Morgan fingerprint density at radius 2 is 2.50 bits per heavy atom. The van der Waals surface area contributed by atoms with Crippen molar-refractivity contribution >= 4 is 17.3 Å². The largest absolute Gasteiger partial charge is 0.478 e. The summed E-state index contributed by atoms with van der Waals surface area (Å²) in [5, 5.41) is 10.3. The fraction of sp³-hybridized carbons (Fsp3) is 0.167. The molecule has 0 saturated carbocycles. The molecule has 0 fully saturated rings. The SMILES string of the molecule is NCc1sccc1C(=O)O. The topological polar surface area (TPSA) is 63.3 Å². The van der Waals surface area contributed by atoms with Gasteiger partial charge in [-0.3, -0.25) is 0 Å². The predicted octanol–water partition coefficient (Wildman–Crippen LogP) is 0.905. The predicted molar refractivity (Wildman–Crippen MR) is 39.2 cm³/mol. The first kappa shape index (κ1) is 7.24. The number of nitrogens with two attached hydrogens (primary N) is 1. The average Bonchev–Trinajstić information content (AvgIpc) is 2.33. The monoisotopic (exact) mass is 157 g/mol. The van der Waals surface area contributed by atoms with Crippen molar-refractivity contribution in [2.75, 3.05) is 0 Å². The first-order valence-electron chi connectivity index (χ1n) is 2.75. The fourth-order valence-electron chi connectivity index (χ4n) is 0.689. The highest BCUT2D eigenvalue weighted by Crippen LogP contribution is 2.15. The molecule has 0 saturated heterocycles. The first-order valence-corrected chi connectivity index (χ1v) is 3.63. The van der Waals surface area contributed by atoms with Gasteiger partial charge in [0, 0.05) is 11.4 Å². The third-order valence-electron chi connectivity index (χ3n) is 1.16. The van der Waals surface area contributed by atoms with Crippen LogP contribution in [0.1, 0.15) is 15.2 Å². The van der Waals surface area contributed by atoms with Gasteiger partial charge in [0.05, 0.1) is 5.56 Å². The van der Waals surface area contributed by atoms with Gasteiger partial charge in [0.15, 0.2) is 0 Å². The smallest absolute Gasteiger partial charge is 0.336 e. The summed E-state index contributed by atoms with van der Waals surface area (Å²) in [6.45, 7) is 0.305. The normalized spacial score (nSPS) is 9.70. The van der Waals surface area contributed by atoms with E-state index in [0.29, 0.717) is 12.1 Å². The summed E-state index contributed by atoms with van der Waals surface area (Å²) in [7, 11) is 0. The van der Waals surface area contributed by atoms with Gasteiger partial charge < -0.3 is 10.8 Å². The molecule has 0 aliphatic carbocycles. The van der Waals surface area contributed by atoms with Crippen LogP contribution in [0.15, 0.2) is 11.4 Å². The van der Waals surface area contributed by atoms with Crippen molar-refractivity contribution in [1.82, 2.24) is 0 Å². The molecule has 1 rings (SSSR count). The highest BCUT2D eigenvalue weighted by Gasteiger charge is 2.08. The molecule has 0 atom stereocenters. The fourth-order valence-corrected chi connectivity index (χ4v) is 1.44. The average molecular weight is 157 g/mol. The van der Waals surface area contributed by atoms with E-state index in [9.17, 15) is 4.79 Å². The number of rotatable bonds is 2. The van der Waals surface area contributed by atoms with Gasteiger partial charge in [-0.1, -0.05) is 0 Å². The highest BCUT2D eigenvalue weighted by atomic mass is 32.1. The van der Waals surface area contributed by atoms with E-state index in [0.717, 1.165) is 4.88 Å². The summed E-state index contributed by atoms with van der Waals surface area (Å²) in [5.41, 5.74) is 5.61. The quantitative estimate of drug-likeness (QED) is 0.670. The summed E-state index contributed by atoms with van der Waals surface area (Å²) in [4.78, 5) is 11.1. The second-order valence-corrected chi connectivity index (χ2v) is 2.77. The van der Waals surface area contributed by atoms with E-state index < -0.39 is 5.97 Å². The van der Waals surface area contributed by atoms with Crippen LogP contribution in [0.5, 0.6) is 0 Å². The Hall–Kier alpha value is -0.870. The van der Waals surface area contributed by atoms with Gasteiger partial charge in [-0.25, -0.2) is 4.79 Å². The van der Waals surface area contributed by atoms with E-state index in [-0.39, 0.29) is 0 Å². The molecule has 3 nitrogen and oxygen atoms in total. The molecule has 0 aromatic carbocycles. The summed E-state index contributed by atoms with van der Waals surface area (Å²) in [6, 6.07) is 1.56. The van der Waals surface area contributed by atoms with Gasteiger partial charge in [0.1, 0.15) is 0 Å². The maximum Gasteiger partial charge on any atom is 0.336 e. The molecule has 4 heteroatoms. The second kappa shape index (κ2) is 2.81. The number of hydrogen-bond acceptors (Lipinski definition) is 3. The van der Waals surface area contributed by atoms with Crippen LogP contribution in [-0.4, -0.2) is 11.1 Å². The van der Waals surface area contributed by atoms with Crippen LogP contribution in [0.4, 0.5) is 0 Å². The van der Waals surface area contributed by atoms with E-state index >= 15 is 0 Å². The van der Waals surface area contributed by atoms with Gasteiger partial charge in [-0.05, 0) is 11.4 Å². The summed E-state index contributed by atoms with van der Waals surface area (Å²) < 4.78 is 0. The highest BCUT2D eigenvalue weighted by molar-refractivity contribution is 7.10. The molecule has 1 aromatic heterocycles. The number of carboxylic acids is 1. The van der Waals surface area contributed by atoms with E-state index in [1.807, 2.05) is 0 Å². The molecular weight excluding hydrogens is 150 g/mol. The zero-order valence-corrected chi connectivity index (χ0v) is 6.02. The molecule has 0 unspecified atom stereocenters. The van der Waals surface area contributed by atoms with E-state index in [1.165, 1.54) is 11.3 Å². The van der Waals surface area contributed by atoms with Crippen LogP contribution >= 0.6 is 11.3 Å². The summed E-state index contributed by atoms with van der Waals surface area (Å²) in [6.07, 6.45) is 0. The maximum absolute atomic E-state index is 10.4. The van der Waals surface area contributed by atoms with Crippen molar-refractivity contribution in [1.29, 1.82) is 0 Å². The zero-order chi connectivity index (χ0) is 7.56. The lowest BCUT2D eigenvalue weighted by molar-refractivity contribution is 0.0696. The number of carboxylic acid groups (broad SMARTS) is 1. The van der Waals surface area contributed by atoms with Gasteiger partial charge in [-0.15, -0.1) is 11.3 Å². The Balaban J connectivity index is 3.01.